The number of nitrogens with one attached hydrogen (secondary N) is 1. The minimum atomic E-state index is 0.0577. The molecule has 1 saturated carbocycles. The molecule has 1 aliphatic rings. The minimum absolute atomic E-state index is 0.0577. The van der Waals surface area contributed by atoms with Crippen LogP contribution in [0.4, 0.5) is 5.82 Å². The van der Waals surface area contributed by atoms with E-state index in [1.165, 1.54) is 0 Å². The van der Waals surface area contributed by atoms with Crippen LogP contribution < -0.4 is 11.1 Å². The van der Waals surface area contributed by atoms with Crippen LogP contribution >= 0.6 is 0 Å². The van der Waals surface area contributed by atoms with Gasteiger partial charge in [-0.25, -0.2) is 0 Å². The number of amides is 1. The summed E-state index contributed by atoms with van der Waals surface area (Å²) in [5.74, 6) is 1.09. The second-order valence-corrected chi connectivity index (χ2v) is 4.82. The molecule has 1 heterocycles. The lowest BCUT2D eigenvalue weighted by Crippen LogP contribution is -2.29. The van der Waals surface area contributed by atoms with E-state index >= 15 is 0 Å². The van der Waals surface area contributed by atoms with Crippen molar-refractivity contribution in [1.82, 2.24) is 9.78 Å². The summed E-state index contributed by atoms with van der Waals surface area (Å²) in [5.41, 5.74) is 6.71. The van der Waals surface area contributed by atoms with Crippen LogP contribution in [0.25, 0.3) is 0 Å². The van der Waals surface area contributed by atoms with E-state index in [1.807, 2.05) is 20.0 Å². The van der Waals surface area contributed by atoms with Gasteiger partial charge >= 0.3 is 0 Å². The Hall–Kier alpha value is -1.36. The first kappa shape index (κ1) is 12.1. The molecule has 0 bridgehead atoms. The van der Waals surface area contributed by atoms with Crippen LogP contribution in [0, 0.1) is 18.8 Å². The van der Waals surface area contributed by atoms with Crippen LogP contribution in [-0.2, 0) is 11.8 Å². The van der Waals surface area contributed by atoms with Gasteiger partial charge in [-0.05, 0) is 32.2 Å². The second kappa shape index (κ2) is 4.87. The first-order valence-corrected chi connectivity index (χ1v) is 6.13. The first-order valence-electron chi connectivity index (χ1n) is 6.13. The number of nitrogens with zero attached hydrogens (tertiary/aromatic N) is 2. The fourth-order valence-corrected chi connectivity index (χ4v) is 2.50. The van der Waals surface area contributed by atoms with Gasteiger partial charge in [-0.1, -0.05) is 6.42 Å². The average Bonchev–Trinajstić information content (AvgIpc) is 2.86. The molecule has 2 unspecified atom stereocenters. The number of carbonyl (C=O) groups is 1. The fourth-order valence-electron chi connectivity index (χ4n) is 2.50. The zero-order chi connectivity index (χ0) is 12.4. The molecule has 0 saturated heterocycles. The summed E-state index contributed by atoms with van der Waals surface area (Å²) in [6, 6.07) is 1.88. The van der Waals surface area contributed by atoms with Crippen LogP contribution in [0.3, 0.4) is 0 Å². The number of anilines is 1. The predicted molar refractivity (Wildman–Crippen MR) is 66.5 cm³/mol. The highest BCUT2D eigenvalue weighted by Crippen LogP contribution is 2.31. The largest absolute Gasteiger partial charge is 0.330 e. The van der Waals surface area contributed by atoms with Crippen LogP contribution in [0.15, 0.2) is 6.07 Å². The Labute approximate surface area is 101 Å². The van der Waals surface area contributed by atoms with Crippen molar-refractivity contribution in [3.05, 3.63) is 11.8 Å². The molecule has 1 aromatic rings. The van der Waals surface area contributed by atoms with Crippen LogP contribution in [-0.4, -0.2) is 22.2 Å². The maximum atomic E-state index is 12.1. The molecule has 1 aromatic heterocycles. The maximum absolute atomic E-state index is 12.1. The van der Waals surface area contributed by atoms with E-state index in [4.69, 9.17) is 5.73 Å². The number of rotatable bonds is 3. The maximum Gasteiger partial charge on any atom is 0.229 e. The van der Waals surface area contributed by atoms with Crippen LogP contribution in [0.5, 0.6) is 0 Å². The van der Waals surface area contributed by atoms with Gasteiger partial charge in [0.1, 0.15) is 0 Å². The molecule has 3 N–H and O–H groups in total. The van der Waals surface area contributed by atoms with Gasteiger partial charge < -0.3 is 11.1 Å². The third-order valence-corrected chi connectivity index (χ3v) is 3.66. The summed E-state index contributed by atoms with van der Waals surface area (Å²) in [6.45, 7) is 2.56. The summed E-state index contributed by atoms with van der Waals surface area (Å²) in [7, 11) is 1.86. The molecule has 0 spiro atoms. The lowest BCUT2D eigenvalue weighted by Gasteiger charge is -2.16. The van der Waals surface area contributed by atoms with E-state index in [0.29, 0.717) is 18.3 Å². The lowest BCUT2D eigenvalue weighted by atomic mass is 9.95. The molecule has 5 nitrogen and oxygen atoms in total. The van der Waals surface area contributed by atoms with Crippen molar-refractivity contribution in [2.24, 2.45) is 24.6 Å². The van der Waals surface area contributed by atoms with Gasteiger partial charge in [0.25, 0.3) is 0 Å². The van der Waals surface area contributed by atoms with E-state index in [2.05, 4.69) is 10.4 Å². The highest BCUT2D eigenvalue weighted by molar-refractivity contribution is 5.92. The zero-order valence-electron chi connectivity index (χ0n) is 10.4. The van der Waals surface area contributed by atoms with Gasteiger partial charge in [-0.15, -0.1) is 0 Å². The predicted octanol–water partition coefficient (Wildman–Crippen LogP) is 1.04. The average molecular weight is 236 g/mol. The lowest BCUT2D eigenvalue weighted by molar-refractivity contribution is -0.120. The smallest absolute Gasteiger partial charge is 0.229 e. The Morgan fingerprint density at radius 3 is 3.00 bits per heavy atom. The van der Waals surface area contributed by atoms with Gasteiger partial charge in [0.15, 0.2) is 5.82 Å². The zero-order valence-corrected chi connectivity index (χ0v) is 10.4. The van der Waals surface area contributed by atoms with Crippen LogP contribution in [0.1, 0.15) is 25.0 Å². The minimum Gasteiger partial charge on any atom is -0.330 e. The van der Waals surface area contributed by atoms with E-state index in [9.17, 15) is 4.79 Å². The third-order valence-electron chi connectivity index (χ3n) is 3.66. The van der Waals surface area contributed by atoms with Crippen molar-refractivity contribution < 1.29 is 4.79 Å². The quantitative estimate of drug-likeness (QED) is 0.823. The monoisotopic (exact) mass is 236 g/mol. The number of aromatic nitrogens is 2. The highest BCUT2D eigenvalue weighted by Gasteiger charge is 2.32. The molecule has 0 aromatic carbocycles. The van der Waals surface area contributed by atoms with E-state index in [1.54, 1.807) is 4.68 Å². The second-order valence-electron chi connectivity index (χ2n) is 4.82. The van der Waals surface area contributed by atoms with Gasteiger partial charge in [-0.3, -0.25) is 9.48 Å². The molecule has 1 amide bonds. The molecular formula is C12H20N4O. The summed E-state index contributed by atoms with van der Waals surface area (Å²) in [4.78, 5) is 12.1. The molecule has 1 aliphatic carbocycles. The van der Waals surface area contributed by atoms with Crippen molar-refractivity contribution in [1.29, 1.82) is 0 Å². The van der Waals surface area contributed by atoms with E-state index < -0.39 is 0 Å². The molecule has 5 heteroatoms. The number of hydrogen-bond acceptors (Lipinski definition) is 3. The van der Waals surface area contributed by atoms with Crippen molar-refractivity contribution in [3.63, 3.8) is 0 Å². The van der Waals surface area contributed by atoms with E-state index in [-0.39, 0.29) is 11.8 Å². The fraction of sp³-hybridized carbons (Fsp3) is 0.667. The Kier molecular flexibility index (Phi) is 3.47. The van der Waals surface area contributed by atoms with E-state index in [0.717, 1.165) is 25.0 Å². The Balaban J connectivity index is 2.01. The van der Waals surface area contributed by atoms with Crippen LogP contribution in [0.2, 0.25) is 0 Å². The summed E-state index contributed by atoms with van der Waals surface area (Å²) >= 11 is 0. The highest BCUT2D eigenvalue weighted by atomic mass is 16.2. The SMILES string of the molecule is Cc1cc(NC(=O)C2CCCC2CN)nn1C. The Bertz CT molecular complexity index is 393. The number of nitrogens with two attached hydrogens (primary N) is 1. The van der Waals surface area contributed by atoms with Crippen molar-refractivity contribution in [2.45, 2.75) is 26.2 Å². The van der Waals surface area contributed by atoms with Crippen molar-refractivity contribution in [2.75, 3.05) is 11.9 Å². The normalized spacial score (nSPS) is 23.9. The van der Waals surface area contributed by atoms with Crippen molar-refractivity contribution >= 4 is 11.7 Å². The molecule has 2 rings (SSSR count). The molecule has 0 radical (unpaired) electrons. The molecule has 17 heavy (non-hydrogen) atoms. The summed E-state index contributed by atoms with van der Waals surface area (Å²) in [6.07, 6.45) is 3.11. The number of aryl methyl sites for hydroxylation is 2. The standard InChI is InChI=1S/C12H20N4O/c1-8-6-11(15-16(8)2)14-12(17)10-5-3-4-9(10)7-13/h6,9-10H,3-5,7,13H2,1-2H3,(H,14,15,17). The molecule has 2 atom stereocenters. The summed E-state index contributed by atoms with van der Waals surface area (Å²) in [5, 5.41) is 7.11. The molecule has 94 valence electrons. The number of hydrogen-bond donors (Lipinski definition) is 2. The number of carbonyl (C=O) groups excluding carboxylic acids is 1. The van der Waals surface area contributed by atoms with Crippen molar-refractivity contribution in [3.8, 4) is 0 Å². The molecular weight excluding hydrogens is 216 g/mol. The van der Waals surface area contributed by atoms with Gasteiger partial charge in [0, 0.05) is 24.7 Å². The molecule has 0 aliphatic heterocycles. The van der Waals surface area contributed by atoms with Gasteiger partial charge in [-0.2, -0.15) is 5.10 Å². The first-order chi connectivity index (χ1) is 8.11. The van der Waals surface area contributed by atoms with Gasteiger partial charge in [0.2, 0.25) is 5.91 Å². The summed E-state index contributed by atoms with van der Waals surface area (Å²) < 4.78 is 1.75. The van der Waals surface area contributed by atoms with Gasteiger partial charge in [0.05, 0.1) is 0 Å². The third kappa shape index (κ3) is 2.49. The Morgan fingerprint density at radius 2 is 2.41 bits per heavy atom. The topological polar surface area (TPSA) is 72.9 Å². The Morgan fingerprint density at radius 1 is 1.65 bits per heavy atom. The molecule has 1 fully saturated rings.